The van der Waals surface area contributed by atoms with Gasteiger partial charge < -0.3 is 10.1 Å². The zero-order chi connectivity index (χ0) is 15.2. The fourth-order valence-corrected chi connectivity index (χ4v) is 2.36. The van der Waals surface area contributed by atoms with Crippen molar-refractivity contribution >= 4 is 23.2 Å². The average molecular weight is 324 g/mol. The molecule has 0 saturated carbocycles. The topological polar surface area (TPSA) is 21.3 Å². The van der Waals surface area contributed by atoms with Crippen molar-refractivity contribution in [2.45, 2.75) is 26.0 Å². The molecule has 1 N–H and O–H groups in total. The smallest absolute Gasteiger partial charge is 0.119 e. The Kier molecular flexibility index (Phi) is 5.92. The Bertz CT molecular complexity index is 584. The fourth-order valence-electron chi connectivity index (χ4n) is 1.99. The van der Waals surface area contributed by atoms with Gasteiger partial charge in [-0.1, -0.05) is 35.3 Å². The van der Waals surface area contributed by atoms with Crippen LogP contribution in [0.4, 0.5) is 0 Å². The van der Waals surface area contributed by atoms with Crippen LogP contribution in [0.15, 0.2) is 42.5 Å². The summed E-state index contributed by atoms with van der Waals surface area (Å²) in [5.41, 5.74) is 2.17. The van der Waals surface area contributed by atoms with Crippen molar-refractivity contribution in [1.29, 1.82) is 0 Å². The molecule has 4 heteroatoms. The van der Waals surface area contributed by atoms with Crippen LogP contribution in [-0.2, 0) is 13.0 Å². The van der Waals surface area contributed by atoms with E-state index >= 15 is 0 Å². The van der Waals surface area contributed by atoms with Crippen LogP contribution < -0.4 is 10.1 Å². The predicted octanol–water partition coefficient (Wildman–Crippen LogP) is 4.72. The van der Waals surface area contributed by atoms with Crippen LogP contribution in [0.1, 0.15) is 18.1 Å². The highest BCUT2D eigenvalue weighted by Crippen LogP contribution is 2.22. The molecule has 0 bridgehead atoms. The van der Waals surface area contributed by atoms with Gasteiger partial charge in [0.1, 0.15) is 12.4 Å². The number of hydrogen-bond donors (Lipinski definition) is 1. The maximum absolute atomic E-state index is 6.12. The van der Waals surface area contributed by atoms with E-state index in [4.69, 9.17) is 27.9 Å². The third kappa shape index (κ3) is 4.92. The Balaban J connectivity index is 1.96. The second-order valence-electron chi connectivity index (χ2n) is 5.06. The monoisotopic (exact) mass is 323 g/mol. The molecule has 0 aliphatic rings. The van der Waals surface area contributed by atoms with Gasteiger partial charge in [-0.05, 0) is 56.3 Å². The molecule has 21 heavy (non-hydrogen) atoms. The lowest BCUT2D eigenvalue weighted by Crippen LogP contribution is -2.23. The van der Waals surface area contributed by atoms with E-state index in [0.717, 1.165) is 17.7 Å². The van der Waals surface area contributed by atoms with Crippen LogP contribution >= 0.6 is 23.2 Å². The molecule has 0 radical (unpaired) electrons. The normalized spacial score (nSPS) is 12.2. The van der Waals surface area contributed by atoms with Gasteiger partial charge in [-0.3, -0.25) is 0 Å². The summed E-state index contributed by atoms with van der Waals surface area (Å²) in [6.45, 7) is 2.57. The van der Waals surface area contributed by atoms with Gasteiger partial charge in [0, 0.05) is 21.7 Å². The summed E-state index contributed by atoms with van der Waals surface area (Å²) < 4.78 is 5.76. The number of benzene rings is 2. The largest absolute Gasteiger partial charge is 0.489 e. The van der Waals surface area contributed by atoms with Gasteiger partial charge in [0.05, 0.1) is 0 Å². The number of rotatable bonds is 6. The van der Waals surface area contributed by atoms with Crippen molar-refractivity contribution in [3.63, 3.8) is 0 Å². The molecular formula is C17H19Cl2NO. The Morgan fingerprint density at radius 3 is 2.48 bits per heavy atom. The highest BCUT2D eigenvalue weighted by Gasteiger charge is 2.04. The lowest BCUT2D eigenvalue weighted by atomic mass is 10.1. The van der Waals surface area contributed by atoms with Crippen molar-refractivity contribution < 1.29 is 4.74 Å². The maximum atomic E-state index is 6.12. The van der Waals surface area contributed by atoms with E-state index in [1.165, 1.54) is 5.56 Å². The van der Waals surface area contributed by atoms with Crippen molar-refractivity contribution in [2.75, 3.05) is 7.05 Å². The summed E-state index contributed by atoms with van der Waals surface area (Å²) in [5, 5.41) is 4.55. The highest BCUT2D eigenvalue weighted by atomic mass is 35.5. The summed E-state index contributed by atoms with van der Waals surface area (Å²) in [6, 6.07) is 14.0. The van der Waals surface area contributed by atoms with Crippen LogP contribution in [0.5, 0.6) is 5.75 Å². The summed E-state index contributed by atoms with van der Waals surface area (Å²) in [6.07, 6.45) is 0.997. The SMILES string of the molecule is CNC(C)Cc1ccc(OCc2cc(Cl)ccc2Cl)cc1. The summed E-state index contributed by atoms with van der Waals surface area (Å²) in [4.78, 5) is 0. The molecule has 0 aromatic heterocycles. The molecule has 0 aliphatic carbocycles. The minimum Gasteiger partial charge on any atom is -0.489 e. The van der Waals surface area contributed by atoms with Crippen molar-refractivity contribution in [2.24, 2.45) is 0 Å². The average Bonchev–Trinajstić information content (AvgIpc) is 2.49. The quantitative estimate of drug-likeness (QED) is 0.830. The maximum Gasteiger partial charge on any atom is 0.119 e. The van der Waals surface area contributed by atoms with Gasteiger partial charge in [-0.15, -0.1) is 0 Å². The lowest BCUT2D eigenvalue weighted by molar-refractivity contribution is 0.306. The number of nitrogens with one attached hydrogen (secondary N) is 1. The predicted molar refractivity (Wildman–Crippen MR) is 89.5 cm³/mol. The second kappa shape index (κ2) is 7.69. The minimum atomic E-state index is 0.408. The summed E-state index contributed by atoms with van der Waals surface area (Å²) in [7, 11) is 1.97. The molecule has 0 aliphatic heterocycles. The number of likely N-dealkylation sites (N-methyl/N-ethyl adjacent to an activating group) is 1. The van der Waals surface area contributed by atoms with E-state index in [2.05, 4.69) is 24.4 Å². The third-order valence-electron chi connectivity index (χ3n) is 3.36. The van der Waals surface area contributed by atoms with E-state index in [0.29, 0.717) is 22.7 Å². The van der Waals surface area contributed by atoms with E-state index in [1.807, 2.05) is 25.2 Å². The van der Waals surface area contributed by atoms with E-state index < -0.39 is 0 Å². The van der Waals surface area contributed by atoms with E-state index in [9.17, 15) is 0 Å². The molecule has 0 heterocycles. The van der Waals surface area contributed by atoms with Gasteiger partial charge in [0.15, 0.2) is 0 Å². The van der Waals surface area contributed by atoms with Crippen LogP contribution in [0.3, 0.4) is 0 Å². The molecular weight excluding hydrogens is 305 g/mol. The van der Waals surface area contributed by atoms with Crippen LogP contribution in [-0.4, -0.2) is 13.1 Å². The molecule has 112 valence electrons. The molecule has 0 amide bonds. The van der Waals surface area contributed by atoms with Gasteiger partial charge in [0.2, 0.25) is 0 Å². The minimum absolute atomic E-state index is 0.408. The van der Waals surface area contributed by atoms with Crippen LogP contribution in [0, 0.1) is 0 Å². The van der Waals surface area contributed by atoms with Gasteiger partial charge in [-0.25, -0.2) is 0 Å². The molecule has 1 unspecified atom stereocenters. The Morgan fingerprint density at radius 2 is 1.81 bits per heavy atom. The van der Waals surface area contributed by atoms with Crippen LogP contribution in [0.2, 0.25) is 10.0 Å². The molecule has 2 rings (SSSR count). The van der Waals surface area contributed by atoms with Gasteiger partial charge in [0.25, 0.3) is 0 Å². The number of hydrogen-bond acceptors (Lipinski definition) is 2. The highest BCUT2D eigenvalue weighted by molar-refractivity contribution is 6.33. The standard InChI is InChI=1S/C17H19Cl2NO/c1-12(20-2)9-13-3-6-16(7-4-13)21-11-14-10-15(18)5-8-17(14)19/h3-8,10,12,20H,9,11H2,1-2H3. The first-order valence-electron chi connectivity index (χ1n) is 6.91. The Morgan fingerprint density at radius 1 is 1.10 bits per heavy atom. The molecule has 2 nitrogen and oxygen atoms in total. The molecule has 2 aromatic carbocycles. The first-order chi connectivity index (χ1) is 10.1. The zero-order valence-corrected chi connectivity index (χ0v) is 13.7. The first kappa shape index (κ1) is 16.2. The van der Waals surface area contributed by atoms with Crippen LogP contribution in [0.25, 0.3) is 0 Å². The van der Waals surface area contributed by atoms with E-state index in [-0.39, 0.29) is 0 Å². The second-order valence-corrected chi connectivity index (χ2v) is 5.91. The molecule has 0 fully saturated rings. The Labute approximate surface area is 136 Å². The lowest BCUT2D eigenvalue weighted by Gasteiger charge is -2.11. The zero-order valence-electron chi connectivity index (χ0n) is 12.2. The first-order valence-corrected chi connectivity index (χ1v) is 7.67. The van der Waals surface area contributed by atoms with Gasteiger partial charge >= 0.3 is 0 Å². The van der Waals surface area contributed by atoms with Gasteiger partial charge in [-0.2, -0.15) is 0 Å². The fraction of sp³-hybridized carbons (Fsp3) is 0.294. The molecule has 0 spiro atoms. The van der Waals surface area contributed by atoms with Crippen molar-refractivity contribution in [3.05, 3.63) is 63.6 Å². The summed E-state index contributed by atoms with van der Waals surface area (Å²) in [5.74, 6) is 0.826. The van der Waals surface area contributed by atoms with Crippen molar-refractivity contribution in [1.82, 2.24) is 5.32 Å². The Hall–Kier alpha value is -1.22. The van der Waals surface area contributed by atoms with Crippen molar-refractivity contribution in [3.8, 4) is 5.75 Å². The summed E-state index contributed by atoms with van der Waals surface area (Å²) >= 11 is 12.1. The molecule has 0 saturated heterocycles. The molecule has 1 atom stereocenters. The number of halogens is 2. The van der Waals surface area contributed by atoms with E-state index in [1.54, 1.807) is 12.1 Å². The number of ether oxygens (including phenoxy) is 1. The molecule has 2 aromatic rings. The third-order valence-corrected chi connectivity index (χ3v) is 3.96.